The summed E-state index contributed by atoms with van der Waals surface area (Å²) >= 11 is 3.26. The monoisotopic (exact) mass is 266 g/mol. The van der Waals surface area contributed by atoms with Crippen LogP contribution in [0.15, 0.2) is 22.2 Å². The van der Waals surface area contributed by atoms with Crippen LogP contribution in [-0.4, -0.2) is 17.4 Å². The molecule has 2 heterocycles. The molecular weight excluding hydrogens is 252 g/mol. The number of thiazole rings is 1. The van der Waals surface area contributed by atoms with Crippen LogP contribution in [-0.2, 0) is 17.6 Å². The van der Waals surface area contributed by atoms with Gasteiger partial charge in [-0.15, -0.1) is 11.3 Å². The van der Waals surface area contributed by atoms with Crippen LogP contribution in [0.5, 0.6) is 0 Å². The highest BCUT2D eigenvalue weighted by Crippen LogP contribution is 2.08. The van der Waals surface area contributed by atoms with Gasteiger partial charge < -0.3 is 5.32 Å². The summed E-state index contributed by atoms with van der Waals surface area (Å²) in [4.78, 5) is 15.9. The third-order valence-corrected chi connectivity index (χ3v) is 3.87. The molecule has 0 atom stereocenters. The molecule has 0 fully saturated rings. The number of amides is 1. The van der Waals surface area contributed by atoms with Crippen molar-refractivity contribution in [2.45, 2.75) is 19.8 Å². The topological polar surface area (TPSA) is 42.0 Å². The van der Waals surface area contributed by atoms with E-state index in [9.17, 15) is 4.79 Å². The molecule has 0 saturated carbocycles. The largest absolute Gasteiger partial charge is 0.355 e. The molecule has 0 aliphatic heterocycles. The standard InChI is InChI=1S/C12H14N2OS2/c1-9-14-11(8-17-9)2-4-13-12(15)6-10-3-5-16-7-10/h3,5,7-8H,2,4,6H2,1H3,(H,13,15). The second-order valence-corrected chi connectivity index (χ2v) is 5.61. The maximum Gasteiger partial charge on any atom is 0.224 e. The van der Waals surface area contributed by atoms with Crippen LogP contribution in [0, 0.1) is 6.92 Å². The molecule has 0 aromatic carbocycles. The number of thiophene rings is 1. The van der Waals surface area contributed by atoms with Gasteiger partial charge in [0.2, 0.25) is 5.91 Å². The molecule has 0 bridgehead atoms. The van der Waals surface area contributed by atoms with Crippen molar-refractivity contribution in [1.82, 2.24) is 10.3 Å². The summed E-state index contributed by atoms with van der Waals surface area (Å²) < 4.78 is 0. The average Bonchev–Trinajstić information content (AvgIpc) is 2.90. The fourth-order valence-electron chi connectivity index (χ4n) is 1.49. The Kier molecular flexibility index (Phi) is 4.28. The van der Waals surface area contributed by atoms with E-state index in [1.165, 1.54) is 0 Å². The third kappa shape index (κ3) is 3.94. The van der Waals surface area contributed by atoms with E-state index < -0.39 is 0 Å². The Bertz CT molecular complexity index is 476. The zero-order chi connectivity index (χ0) is 12.1. The highest BCUT2D eigenvalue weighted by molar-refractivity contribution is 7.09. The molecule has 1 N–H and O–H groups in total. The van der Waals surface area contributed by atoms with Crippen molar-refractivity contribution in [2.75, 3.05) is 6.54 Å². The Hall–Kier alpha value is -1.20. The zero-order valence-corrected chi connectivity index (χ0v) is 11.2. The van der Waals surface area contributed by atoms with Gasteiger partial charge in [-0.25, -0.2) is 4.98 Å². The van der Waals surface area contributed by atoms with E-state index in [0.29, 0.717) is 13.0 Å². The fraction of sp³-hybridized carbons (Fsp3) is 0.333. The summed E-state index contributed by atoms with van der Waals surface area (Å²) in [6.07, 6.45) is 1.28. The Balaban J connectivity index is 1.70. The number of carbonyl (C=O) groups is 1. The molecule has 0 radical (unpaired) electrons. The minimum Gasteiger partial charge on any atom is -0.355 e. The minimum absolute atomic E-state index is 0.0790. The number of hydrogen-bond acceptors (Lipinski definition) is 4. The van der Waals surface area contributed by atoms with Crippen LogP contribution < -0.4 is 5.32 Å². The minimum atomic E-state index is 0.0790. The highest BCUT2D eigenvalue weighted by atomic mass is 32.1. The van der Waals surface area contributed by atoms with Gasteiger partial charge in [0.05, 0.1) is 17.1 Å². The van der Waals surface area contributed by atoms with Crippen molar-refractivity contribution in [1.29, 1.82) is 0 Å². The van der Waals surface area contributed by atoms with E-state index in [2.05, 4.69) is 10.3 Å². The third-order valence-electron chi connectivity index (χ3n) is 2.31. The van der Waals surface area contributed by atoms with Gasteiger partial charge in [0, 0.05) is 18.3 Å². The second kappa shape index (κ2) is 5.93. The number of nitrogens with zero attached hydrogens (tertiary/aromatic N) is 1. The van der Waals surface area contributed by atoms with E-state index in [1.54, 1.807) is 22.7 Å². The number of carbonyl (C=O) groups excluding carboxylic acids is 1. The number of nitrogens with one attached hydrogen (secondary N) is 1. The summed E-state index contributed by atoms with van der Waals surface area (Å²) in [6, 6.07) is 1.98. The van der Waals surface area contributed by atoms with Crippen molar-refractivity contribution in [3.63, 3.8) is 0 Å². The molecule has 2 aromatic rings. The van der Waals surface area contributed by atoms with Gasteiger partial charge in [-0.05, 0) is 29.3 Å². The molecule has 0 aliphatic rings. The molecule has 3 nitrogen and oxygen atoms in total. The van der Waals surface area contributed by atoms with Crippen LogP contribution in [0.2, 0.25) is 0 Å². The highest BCUT2D eigenvalue weighted by Gasteiger charge is 2.04. The molecule has 17 heavy (non-hydrogen) atoms. The Morgan fingerprint density at radius 2 is 2.35 bits per heavy atom. The zero-order valence-electron chi connectivity index (χ0n) is 9.60. The lowest BCUT2D eigenvalue weighted by Crippen LogP contribution is -2.27. The molecular formula is C12H14N2OS2. The summed E-state index contributed by atoms with van der Waals surface area (Å²) in [5.41, 5.74) is 2.14. The number of rotatable bonds is 5. The number of hydrogen-bond donors (Lipinski definition) is 1. The van der Waals surface area contributed by atoms with Crippen LogP contribution in [0.25, 0.3) is 0 Å². The molecule has 0 saturated heterocycles. The molecule has 5 heteroatoms. The maximum atomic E-state index is 11.6. The smallest absolute Gasteiger partial charge is 0.224 e. The van der Waals surface area contributed by atoms with Gasteiger partial charge >= 0.3 is 0 Å². The molecule has 90 valence electrons. The van der Waals surface area contributed by atoms with Crippen molar-refractivity contribution in [2.24, 2.45) is 0 Å². The van der Waals surface area contributed by atoms with Gasteiger partial charge in [0.1, 0.15) is 0 Å². The second-order valence-electron chi connectivity index (χ2n) is 3.77. The molecule has 0 spiro atoms. The van der Waals surface area contributed by atoms with Crippen molar-refractivity contribution in [3.05, 3.63) is 38.5 Å². The molecule has 2 aromatic heterocycles. The Labute approximate surface area is 109 Å². The van der Waals surface area contributed by atoms with Crippen molar-refractivity contribution >= 4 is 28.6 Å². The molecule has 1 amide bonds. The van der Waals surface area contributed by atoms with Crippen LogP contribution in [0.3, 0.4) is 0 Å². The molecule has 2 rings (SSSR count). The van der Waals surface area contributed by atoms with E-state index in [1.807, 2.05) is 29.1 Å². The average molecular weight is 266 g/mol. The lowest BCUT2D eigenvalue weighted by Gasteiger charge is -2.02. The summed E-state index contributed by atoms with van der Waals surface area (Å²) in [5, 5.41) is 10.0. The van der Waals surface area contributed by atoms with Gasteiger partial charge in [0.15, 0.2) is 0 Å². The maximum absolute atomic E-state index is 11.6. The van der Waals surface area contributed by atoms with Gasteiger partial charge in [-0.1, -0.05) is 0 Å². The fourth-order valence-corrected chi connectivity index (χ4v) is 2.81. The van der Waals surface area contributed by atoms with E-state index in [4.69, 9.17) is 0 Å². The lowest BCUT2D eigenvalue weighted by atomic mass is 10.2. The van der Waals surface area contributed by atoms with E-state index >= 15 is 0 Å². The predicted octanol–water partition coefficient (Wildman–Crippen LogP) is 2.41. The molecule has 0 aliphatic carbocycles. The summed E-state index contributed by atoms with van der Waals surface area (Å²) in [5.74, 6) is 0.0790. The normalized spacial score (nSPS) is 10.4. The van der Waals surface area contributed by atoms with Crippen molar-refractivity contribution in [3.8, 4) is 0 Å². The summed E-state index contributed by atoms with van der Waals surface area (Å²) in [6.45, 7) is 2.65. The number of aryl methyl sites for hydroxylation is 1. The quantitative estimate of drug-likeness (QED) is 0.903. The first-order chi connectivity index (χ1) is 8.24. The first-order valence-corrected chi connectivity index (χ1v) is 7.25. The van der Waals surface area contributed by atoms with Gasteiger partial charge in [-0.3, -0.25) is 4.79 Å². The first kappa shape index (κ1) is 12.3. The van der Waals surface area contributed by atoms with Crippen LogP contribution >= 0.6 is 22.7 Å². The van der Waals surface area contributed by atoms with Crippen LogP contribution in [0.1, 0.15) is 16.3 Å². The molecule has 0 unspecified atom stereocenters. The predicted molar refractivity (Wildman–Crippen MR) is 71.6 cm³/mol. The van der Waals surface area contributed by atoms with E-state index in [-0.39, 0.29) is 5.91 Å². The number of aromatic nitrogens is 1. The lowest BCUT2D eigenvalue weighted by molar-refractivity contribution is -0.120. The Morgan fingerprint density at radius 1 is 1.47 bits per heavy atom. The van der Waals surface area contributed by atoms with Crippen molar-refractivity contribution < 1.29 is 4.79 Å². The SMILES string of the molecule is Cc1nc(CCNC(=O)Cc2ccsc2)cs1. The Morgan fingerprint density at radius 3 is 3.00 bits per heavy atom. The van der Waals surface area contributed by atoms with Gasteiger partial charge in [0.25, 0.3) is 0 Å². The van der Waals surface area contributed by atoms with E-state index in [0.717, 1.165) is 22.7 Å². The summed E-state index contributed by atoms with van der Waals surface area (Å²) in [7, 11) is 0. The first-order valence-electron chi connectivity index (χ1n) is 5.43. The van der Waals surface area contributed by atoms with Gasteiger partial charge in [-0.2, -0.15) is 11.3 Å². The van der Waals surface area contributed by atoms with Crippen LogP contribution in [0.4, 0.5) is 0 Å².